The number of hydrogen-bond donors (Lipinski definition) is 1. The van der Waals surface area contributed by atoms with Gasteiger partial charge in [0.1, 0.15) is 5.75 Å². The zero-order chi connectivity index (χ0) is 11.5. The van der Waals surface area contributed by atoms with Crippen molar-refractivity contribution < 1.29 is 14.6 Å². The molecule has 1 N–H and O–H groups in total. The van der Waals surface area contributed by atoms with E-state index in [0.717, 1.165) is 11.3 Å². The van der Waals surface area contributed by atoms with Crippen LogP contribution in [0, 0.1) is 0 Å². The van der Waals surface area contributed by atoms with Gasteiger partial charge in [-0.1, -0.05) is 18.2 Å². The number of methoxy groups -OCH3 is 1. The Bertz CT molecular complexity index is 406. The van der Waals surface area contributed by atoms with E-state index in [9.17, 15) is 9.90 Å². The van der Waals surface area contributed by atoms with E-state index < -0.39 is 6.10 Å². The van der Waals surface area contributed by atoms with Gasteiger partial charge in [-0.15, -0.1) is 0 Å². The van der Waals surface area contributed by atoms with Crippen LogP contribution in [0.25, 0.3) is 0 Å². The van der Waals surface area contributed by atoms with Gasteiger partial charge >= 0.3 is 0 Å². The molecule has 1 aliphatic carbocycles. The van der Waals surface area contributed by atoms with Gasteiger partial charge in [0, 0.05) is 12.3 Å². The molecule has 0 aliphatic heterocycles. The van der Waals surface area contributed by atoms with Gasteiger partial charge in [-0.25, -0.2) is 0 Å². The summed E-state index contributed by atoms with van der Waals surface area (Å²) in [5.74, 6) is 0.699. The molecule has 3 nitrogen and oxygen atoms in total. The normalized spacial score (nSPS) is 24.5. The van der Waals surface area contributed by atoms with Crippen LogP contribution in [0.3, 0.4) is 0 Å². The second kappa shape index (κ2) is 4.49. The van der Waals surface area contributed by atoms with Crippen LogP contribution in [0.5, 0.6) is 5.75 Å². The van der Waals surface area contributed by atoms with Crippen molar-refractivity contribution in [1.29, 1.82) is 0 Å². The number of aliphatic hydroxyl groups excluding tert-OH is 1. The van der Waals surface area contributed by atoms with Crippen molar-refractivity contribution in [1.82, 2.24) is 0 Å². The predicted octanol–water partition coefficient (Wildman–Crippen LogP) is 1.67. The van der Waals surface area contributed by atoms with Crippen LogP contribution in [0.15, 0.2) is 36.4 Å². The van der Waals surface area contributed by atoms with Crippen LogP contribution in [0.4, 0.5) is 0 Å². The maximum atomic E-state index is 11.3. The number of rotatable bonds is 2. The summed E-state index contributed by atoms with van der Waals surface area (Å²) in [5, 5.41) is 9.80. The second-order valence-electron chi connectivity index (χ2n) is 3.90. The van der Waals surface area contributed by atoms with Crippen molar-refractivity contribution in [3.05, 3.63) is 42.0 Å². The van der Waals surface area contributed by atoms with E-state index in [1.807, 2.05) is 24.3 Å². The van der Waals surface area contributed by atoms with Crippen molar-refractivity contribution >= 4 is 5.78 Å². The van der Waals surface area contributed by atoms with E-state index in [0.29, 0.717) is 6.42 Å². The molecular formula is C13H14O3. The average molecular weight is 218 g/mol. The summed E-state index contributed by atoms with van der Waals surface area (Å²) in [4.78, 5) is 11.3. The highest BCUT2D eigenvalue weighted by Gasteiger charge is 2.24. The van der Waals surface area contributed by atoms with Crippen molar-refractivity contribution in [3.63, 3.8) is 0 Å². The Labute approximate surface area is 94.4 Å². The molecule has 1 aliphatic rings. The number of carbonyl (C=O) groups excluding carboxylic acids is 1. The monoisotopic (exact) mass is 218 g/mol. The molecular weight excluding hydrogens is 204 g/mol. The summed E-state index contributed by atoms with van der Waals surface area (Å²) in [6, 6.07) is 7.45. The lowest BCUT2D eigenvalue weighted by Crippen LogP contribution is -2.23. The second-order valence-corrected chi connectivity index (χ2v) is 3.90. The molecule has 0 amide bonds. The standard InChI is InChI=1S/C13H14O3/c1-16-11-5-2-9(3-6-11)12-8-10(14)4-7-13(12)15/h2-7,12-13,15H,8H2,1H3/t12-,13+/m0/s1. The highest BCUT2D eigenvalue weighted by Crippen LogP contribution is 2.29. The average Bonchev–Trinajstić information content (AvgIpc) is 2.32. The maximum Gasteiger partial charge on any atom is 0.156 e. The van der Waals surface area contributed by atoms with Crippen LogP contribution in [0.1, 0.15) is 17.9 Å². The highest BCUT2D eigenvalue weighted by molar-refractivity contribution is 5.91. The Morgan fingerprint density at radius 1 is 1.31 bits per heavy atom. The molecule has 0 saturated carbocycles. The topological polar surface area (TPSA) is 46.5 Å². The lowest BCUT2D eigenvalue weighted by Gasteiger charge is -2.23. The number of benzene rings is 1. The summed E-state index contributed by atoms with van der Waals surface area (Å²) < 4.78 is 5.06. The minimum Gasteiger partial charge on any atom is -0.497 e. The molecule has 84 valence electrons. The van der Waals surface area contributed by atoms with E-state index in [2.05, 4.69) is 0 Å². The summed E-state index contributed by atoms with van der Waals surface area (Å²) in [6.45, 7) is 0. The zero-order valence-electron chi connectivity index (χ0n) is 9.09. The molecule has 0 radical (unpaired) electrons. The summed E-state index contributed by atoms with van der Waals surface area (Å²) in [7, 11) is 1.61. The number of carbonyl (C=O) groups is 1. The van der Waals surface area contributed by atoms with Crippen LogP contribution < -0.4 is 4.74 Å². The molecule has 2 atom stereocenters. The van der Waals surface area contributed by atoms with Gasteiger partial charge < -0.3 is 9.84 Å². The molecule has 0 saturated heterocycles. The number of aliphatic hydroxyl groups is 1. The molecule has 16 heavy (non-hydrogen) atoms. The number of ether oxygens (including phenoxy) is 1. The summed E-state index contributed by atoms with van der Waals surface area (Å²) >= 11 is 0. The third-order valence-corrected chi connectivity index (χ3v) is 2.86. The van der Waals surface area contributed by atoms with Gasteiger partial charge in [0.15, 0.2) is 5.78 Å². The highest BCUT2D eigenvalue weighted by atomic mass is 16.5. The SMILES string of the molecule is COc1ccc([C@@H]2CC(=O)C=C[C@H]2O)cc1. The van der Waals surface area contributed by atoms with Crippen LogP contribution >= 0.6 is 0 Å². The maximum absolute atomic E-state index is 11.3. The quantitative estimate of drug-likeness (QED) is 0.821. The van der Waals surface area contributed by atoms with Gasteiger partial charge in [-0.05, 0) is 23.8 Å². The van der Waals surface area contributed by atoms with Crippen LogP contribution in [0.2, 0.25) is 0 Å². The smallest absolute Gasteiger partial charge is 0.156 e. The molecule has 0 heterocycles. The Balaban J connectivity index is 2.23. The molecule has 0 fully saturated rings. The van der Waals surface area contributed by atoms with E-state index >= 15 is 0 Å². The molecule has 2 rings (SSSR count). The van der Waals surface area contributed by atoms with Crippen molar-refractivity contribution in [3.8, 4) is 5.75 Å². The van der Waals surface area contributed by atoms with Gasteiger partial charge in [0.2, 0.25) is 0 Å². The lowest BCUT2D eigenvalue weighted by molar-refractivity contribution is -0.116. The van der Waals surface area contributed by atoms with Crippen molar-refractivity contribution in [2.45, 2.75) is 18.4 Å². The molecule has 3 heteroatoms. The number of allylic oxidation sites excluding steroid dienone is 1. The summed E-state index contributed by atoms with van der Waals surface area (Å²) in [6.07, 6.45) is 2.79. The molecule has 0 bridgehead atoms. The largest absolute Gasteiger partial charge is 0.497 e. The number of hydrogen-bond acceptors (Lipinski definition) is 3. The Hall–Kier alpha value is -1.61. The van der Waals surface area contributed by atoms with Gasteiger partial charge in [-0.3, -0.25) is 4.79 Å². The number of ketones is 1. The Kier molecular flexibility index (Phi) is 3.06. The molecule has 1 aromatic rings. The van der Waals surface area contributed by atoms with E-state index in [4.69, 9.17) is 4.74 Å². The lowest BCUT2D eigenvalue weighted by atomic mass is 9.85. The van der Waals surface area contributed by atoms with Gasteiger partial charge in [0.25, 0.3) is 0 Å². The first kappa shape index (κ1) is 10.9. The minimum absolute atomic E-state index is 0.0612. The zero-order valence-corrected chi connectivity index (χ0v) is 9.09. The van der Waals surface area contributed by atoms with Crippen molar-refractivity contribution in [2.75, 3.05) is 7.11 Å². The molecule has 1 aromatic carbocycles. The fraction of sp³-hybridized carbons (Fsp3) is 0.308. The van der Waals surface area contributed by atoms with E-state index in [-0.39, 0.29) is 11.7 Å². The van der Waals surface area contributed by atoms with Gasteiger partial charge in [0.05, 0.1) is 13.2 Å². The van der Waals surface area contributed by atoms with E-state index in [1.165, 1.54) is 6.08 Å². The molecule has 0 aromatic heterocycles. The molecule has 0 spiro atoms. The first-order chi connectivity index (χ1) is 7.70. The van der Waals surface area contributed by atoms with Crippen molar-refractivity contribution in [2.24, 2.45) is 0 Å². The third-order valence-electron chi connectivity index (χ3n) is 2.86. The Morgan fingerprint density at radius 2 is 2.00 bits per heavy atom. The molecule has 0 unspecified atom stereocenters. The summed E-state index contributed by atoms with van der Waals surface area (Å²) in [5.41, 5.74) is 0.964. The van der Waals surface area contributed by atoms with E-state index in [1.54, 1.807) is 13.2 Å². The van der Waals surface area contributed by atoms with Crippen LogP contribution in [-0.4, -0.2) is 24.1 Å². The van der Waals surface area contributed by atoms with Gasteiger partial charge in [-0.2, -0.15) is 0 Å². The minimum atomic E-state index is -0.578. The first-order valence-electron chi connectivity index (χ1n) is 5.24. The Morgan fingerprint density at radius 3 is 2.62 bits per heavy atom. The fourth-order valence-electron chi connectivity index (χ4n) is 1.91. The first-order valence-corrected chi connectivity index (χ1v) is 5.24. The predicted molar refractivity (Wildman–Crippen MR) is 60.5 cm³/mol. The third kappa shape index (κ3) is 2.14. The van der Waals surface area contributed by atoms with Crippen LogP contribution in [-0.2, 0) is 4.79 Å². The fourth-order valence-corrected chi connectivity index (χ4v) is 1.91.